The molecule has 0 unspecified atom stereocenters. The van der Waals surface area contributed by atoms with Crippen LogP contribution in [-0.4, -0.2) is 22.4 Å². The van der Waals surface area contributed by atoms with E-state index in [0.717, 1.165) is 11.3 Å². The Kier molecular flexibility index (Phi) is 5.98. The number of benzene rings is 2. The van der Waals surface area contributed by atoms with Gasteiger partial charge in [0.25, 0.3) is 5.91 Å². The molecule has 1 heterocycles. The van der Waals surface area contributed by atoms with Crippen LogP contribution in [-0.2, 0) is 6.42 Å². The number of nitrogens with zero attached hydrogens (tertiary/aromatic N) is 3. The van der Waals surface area contributed by atoms with Crippen LogP contribution in [0.25, 0.3) is 0 Å². The Balaban J connectivity index is 1.53. The van der Waals surface area contributed by atoms with Crippen LogP contribution in [0.1, 0.15) is 21.5 Å². The molecule has 2 aromatic carbocycles. The summed E-state index contributed by atoms with van der Waals surface area (Å²) in [6.45, 7) is 0.490. The molecule has 134 valence electrons. The van der Waals surface area contributed by atoms with Gasteiger partial charge in [0.15, 0.2) is 0 Å². The normalized spacial score (nSPS) is 10.1. The first kappa shape index (κ1) is 18.4. The van der Waals surface area contributed by atoms with Crippen molar-refractivity contribution < 1.29 is 4.79 Å². The molecule has 3 aromatic rings. The Morgan fingerprint density at radius 3 is 2.52 bits per heavy atom. The van der Waals surface area contributed by atoms with Crippen LogP contribution < -0.4 is 10.6 Å². The molecule has 3 rings (SSSR count). The molecule has 0 atom stereocenters. The standard InChI is InChI=1S/C20H16ClN5O/c21-17-3-1-2-14(10-17)8-9-23-19(27)16-12-24-20(25-13-16)26-18-6-4-15(11-22)5-7-18/h1-7,10,12-13H,8-9H2,(H,23,27)(H,24,25,26). The third-order valence-corrected chi connectivity index (χ3v) is 4.01. The van der Waals surface area contributed by atoms with E-state index < -0.39 is 0 Å². The van der Waals surface area contributed by atoms with Crippen molar-refractivity contribution in [3.8, 4) is 6.07 Å². The molecule has 0 bridgehead atoms. The zero-order valence-electron chi connectivity index (χ0n) is 14.3. The number of anilines is 2. The summed E-state index contributed by atoms with van der Waals surface area (Å²) < 4.78 is 0. The van der Waals surface area contributed by atoms with Crippen molar-refractivity contribution in [1.82, 2.24) is 15.3 Å². The number of rotatable bonds is 6. The Hall–Kier alpha value is -3.43. The number of carbonyl (C=O) groups excluding carboxylic acids is 1. The maximum Gasteiger partial charge on any atom is 0.254 e. The molecule has 0 fully saturated rings. The van der Waals surface area contributed by atoms with Crippen LogP contribution in [0.2, 0.25) is 5.02 Å². The van der Waals surface area contributed by atoms with Gasteiger partial charge in [-0.3, -0.25) is 4.79 Å². The lowest BCUT2D eigenvalue weighted by Gasteiger charge is -2.07. The average molecular weight is 378 g/mol. The Morgan fingerprint density at radius 2 is 1.85 bits per heavy atom. The van der Waals surface area contributed by atoms with Crippen molar-refractivity contribution in [3.05, 3.63) is 82.6 Å². The fourth-order valence-electron chi connectivity index (χ4n) is 2.38. The van der Waals surface area contributed by atoms with Gasteiger partial charge in [-0.1, -0.05) is 23.7 Å². The van der Waals surface area contributed by atoms with Crippen molar-refractivity contribution in [2.75, 3.05) is 11.9 Å². The SMILES string of the molecule is N#Cc1ccc(Nc2ncc(C(=O)NCCc3cccc(Cl)c3)cn2)cc1. The highest BCUT2D eigenvalue weighted by Crippen LogP contribution is 2.13. The monoisotopic (exact) mass is 377 g/mol. The van der Waals surface area contributed by atoms with E-state index >= 15 is 0 Å². The number of nitriles is 1. The molecule has 0 aliphatic heterocycles. The average Bonchev–Trinajstić information content (AvgIpc) is 2.69. The summed E-state index contributed by atoms with van der Waals surface area (Å²) in [6.07, 6.45) is 3.62. The number of aromatic nitrogens is 2. The second-order valence-corrected chi connectivity index (χ2v) is 6.18. The van der Waals surface area contributed by atoms with Gasteiger partial charge in [0, 0.05) is 29.6 Å². The van der Waals surface area contributed by atoms with Crippen LogP contribution in [0.4, 0.5) is 11.6 Å². The van der Waals surface area contributed by atoms with E-state index in [-0.39, 0.29) is 5.91 Å². The minimum Gasteiger partial charge on any atom is -0.352 e. The highest BCUT2D eigenvalue weighted by atomic mass is 35.5. The Labute approximate surface area is 161 Å². The fraction of sp³-hybridized carbons (Fsp3) is 0.100. The predicted molar refractivity (Wildman–Crippen MR) is 104 cm³/mol. The number of halogens is 1. The van der Waals surface area contributed by atoms with E-state index in [1.165, 1.54) is 12.4 Å². The molecule has 7 heteroatoms. The van der Waals surface area contributed by atoms with Gasteiger partial charge in [0.05, 0.1) is 17.2 Å². The maximum absolute atomic E-state index is 12.2. The predicted octanol–water partition coefficient (Wildman–Crippen LogP) is 3.72. The largest absolute Gasteiger partial charge is 0.352 e. The number of carbonyl (C=O) groups is 1. The van der Waals surface area contributed by atoms with Gasteiger partial charge in [-0.25, -0.2) is 9.97 Å². The Morgan fingerprint density at radius 1 is 1.11 bits per heavy atom. The molecule has 0 radical (unpaired) electrons. The number of hydrogen-bond donors (Lipinski definition) is 2. The van der Waals surface area contributed by atoms with Crippen LogP contribution in [0, 0.1) is 11.3 Å². The van der Waals surface area contributed by atoms with Crippen molar-refractivity contribution in [3.63, 3.8) is 0 Å². The zero-order chi connectivity index (χ0) is 19.1. The number of hydrogen-bond acceptors (Lipinski definition) is 5. The fourth-order valence-corrected chi connectivity index (χ4v) is 2.59. The first-order chi connectivity index (χ1) is 13.1. The lowest BCUT2D eigenvalue weighted by Crippen LogP contribution is -2.26. The van der Waals surface area contributed by atoms with Crippen molar-refractivity contribution in [2.24, 2.45) is 0 Å². The van der Waals surface area contributed by atoms with Crippen molar-refractivity contribution >= 4 is 29.1 Å². The minimum absolute atomic E-state index is 0.234. The number of nitrogens with one attached hydrogen (secondary N) is 2. The summed E-state index contributed by atoms with van der Waals surface area (Å²) in [5.74, 6) is 0.136. The van der Waals surface area contributed by atoms with E-state index in [0.29, 0.717) is 35.1 Å². The first-order valence-corrected chi connectivity index (χ1v) is 8.64. The zero-order valence-corrected chi connectivity index (χ0v) is 15.1. The van der Waals surface area contributed by atoms with E-state index in [4.69, 9.17) is 16.9 Å². The Bertz CT molecular complexity index is 965. The van der Waals surface area contributed by atoms with Crippen LogP contribution >= 0.6 is 11.6 Å². The highest BCUT2D eigenvalue weighted by Gasteiger charge is 2.07. The molecule has 0 aliphatic carbocycles. The van der Waals surface area contributed by atoms with Gasteiger partial charge in [-0.15, -0.1) is 0 Å². The maximum atomic E-state index is 12.2. The lowest BCUT2D eigenvalue weighted by molar-refractivity contribution is 0.0953. The molecule has 2 N–H and O–H groups in total. The first-order valence-electron chi connectivity index (χ1n) is 8.26. The third kappa shape index (κ3) is 5.27. The molecule has 0 spiro atoms. The molecule has 0 aliphatic rings. The van der Waals surface area contributed by atoms with E-state index in [9.17, 15) is 4.79 Å². The quantitative estimate of drug-likeness (QED) is 0.683. The summed E-state index contributed by atoms with van der Waals surface area (Å²) in [5, 5.41) is 15.3. The third-order valence-electron chi connectivity index (χ3n) is 3.77. The molecular formula is C20H16ClN5O. The highest BCUT2D eigenvalue weighted by molar-refractivity contribution is 6.30. The molecular weight excluding hydrogens is 362 g/mol. The summed E-state index contributed by atoms with van der Waals surface area (Å²) in [7, 11) is 0. The van der Waals surface area contributed by atoms with Gasteiger partial charge in [0.1, 0.15) is 0 Å². The summed E-state index contributed by atoms with van der Waals surface area (Å²) in [5.41, 5.74) is 2.77. The summed E-state index contributed by atoms with van der Waals surface area (Å²) >= 11 is 5.95. The van der Waals surface area contributed by atoms with Crippen LogP contribution in [0.15, 0.2) is 60.9 Å². The van der Waals surface area contributed by atoms with Crippen molar-refractivity contribution in [2.45, 2.75) is 6.42 Å². The lowest BCUT2D eigenvalue weighted by atomic mass is 10.1. The molecule has 1 amide bonds. The second-order valence-electron chi connectivity index (χ2n) is 5.75. The van der Waals surface area contributed by atoms with Crippen LogP contribution in [0.5, 0.6) is 0 Å². The second kappa shape index (κ2) is 8.79. The van der Waals surface area contributed by atoms with Gasteiger partial charge in [0.2, 0.25) is 5.95 Å². The smallest absolute Gasteiger partial charge is 0.254 e. The van der Waals surface area contributed by atoms with E-state index in [1.54, 1.807) is 24.3 Å². The topological polar surface area (TPSA) is 90.7 Å². The summed E-state index contributed by atoms with van der Waals surface area (Å²) in [6, 6.07) is 16.5. The molecule has 0 saturated carbocycles. The number of amides is 1. The molecule has 6 nitrogen and oxygen atoms in total. The summed E-state index contributed by atoms with van der Waals surface area (Å²) in [4.78, 5) is 20.5. The van der Waals surface area contributed by atoms with Gasteiger partial charge in [-0.05, 0) is 48.4 Å². The van der Waals surface area contributed by atoms with E-state index in [1.807, 2.05) is 24.3 Å². The molecule has 0 saturated heterocycles. The van der Waals surface area contributed by atoms with Gasteiger partial charge in [-0.2, -0.15) is 5.26 Å². The van der Waals surface area contributed by atoms with Crippen molar-refractivity contribution in [1.29, 1.82) is 5.26 Å². The van der Waals surface area contributed by atoms with Crippen LogP contribution in [0.3, 0.4) is 0 Å². The molecule has 1 aromatic heterocycles. The van der Waals surface area contributed by atoms with Gasteiger partial charge >= 0.3 is 0 Å². The molecule has 27 heavy (non-hydrogen) atoms. The van der Waals surface area contributed by atoms with E-state index in [2.05, 4.69) is 26.7 Å². The minimum atomic E-state index is -0.234. The van der Waals surface area contributed by atoms with Gasteiger partial charge < -0.3 is 10.6 Å².